The standard InChI is InChI=1S/C11H6Cl2N4/c12-6-1-2-8(13)7(3-6)10-16-9-4-14-5-15-11(9)17-10/h1-5H,(H,14,15,16,17). The fourth-order valence-corrected chi connectivity index (χ4v) is 1.95. The maximum atomic E-state index is 6.10. The molecule has 0 aliphatic heterocycles. The average molecular weight is 265 g/mol. The predicted octanol–water partition coefficient (Wildman–Crippen LogP) is 3.33. The highest BCUT2D eigenvalue weighted by molar-refractivity contribution is 6.35. The van der Waals surface area contributed by atoms with Crippen LogP contribution in [-0.2, 0) is 0 Å². The van der Waals surface area contributed by atoms with Gasteiger partial charge in [-0.2, -0.15) is 0 Å². The maximum Gasteiger partial charge on any atom is 0.181 e. The summed E-state index contributed by atoms with van der Waals surface area (Å²) in [6, 6.07) is 5.23. The number of fused-ring (bicyclic) bond motifs is 1. The Morgan fingerprint density at radius 1 is 1.18 bits per heavy atom. The lowest BCUT2D eigenvalue weighted by atomic mass is 10.2. The molecular formula is C11H6Cl2N4. The Kier molecular flexibility index (Phi) is 2.46. The zero-order valence-electron chi connectivity index (χ0n) is 8.48. The molecule has 6 heteroatoms. The Morgan fingerprint density at radius 3 is 2.88 bits per heavy atom. The smallest absolute Gasteiger partial charge is 0.181 e. The third-order valence-electron chi connectivity index (χ3n) is 2.35. The first kappa shape index (κ1) is 10.5. The molecule has 1 N–H and O–H groups in total. The third-order valence-corrected chi connectivity index (χ3v) is 2.91. The summed E-state index contributed by atoms with van der Waals surface area (Å²) in [5.41, 5.74) is 2.11. The van der Waals surface area contributed by atoms with Crippen molar-refractivity contribution in [2.45, 2.75) is 0 Å². The molecule has 1 aromatic carbocycles. The highest BCUT2D eigenvalue weighted by Gasteiger charge is 2.10. The molecule has 0 saturated heterocycles. The molecule has 0 saturated carbocycles. The van der Waals surface area contributed by atoms with Crippen LogP contribution in [0.1, 0.15) is 0 Å². The molecule has 0 amide bonds. The van der Waals surface area contributed by atoms with Crippen molar-refractivity contribution in [3.05, 3.63) is 40.8 Å². The molecule has 0 fully saturated rings. The average Bonchev–Trinajstić information content (AvgIpc) is 2.75. The van der Waals surface area contributed by atoms with E-state index >= 15 is 0 Å². The van der Waals surface area contributed by atoms with E-state index in [0.717, 1.165) is 11.1 Å². The number of nitrogens with one attached hydrogen (secondary N) is 1. The molecular weight excluding hydrogens is 259 g/mol. The summed E-state index contributed by atoms with van der Waals surface area (Å²) in [6.45, 7) is 0. The van der Waals surface area contributed by atoms with Gasteiger partial charge in [-0.05, 0) is 18.2 Å². The third kappa shape index (κ3) is 1.85. The fourth-order valence-electron chi connectivity index (χ4n) is 1.57. The van der Waals surface area contributed by atoms with Gasteiger partial charge >= 0.3 is 0 Å². The van der Waals surface area contributed by atoms with E-state index in [1.807, 2.05) is 0 Å². The Hall–Kier alpha value is -1.65. The number of aromatic nitrogens is 4. The van der Waals surface area contributed by atoms with Crippen molar-refractivity contribution in [2.24, 2.45) is 0 Å². The van der Waals surface area contributed by atoms with E-state index in [2.05, 4.69) is 19.9 Å². The minimum Gasteiger partial charge on any atom is -0.335 e. The number of hydrogen-bond donors (Lipinski definition) is 1. The Morgan fingerprint density at radius 2 is 2.06 bits per heavy atom. The summed E-state index contributed by atoms with van der Waals surface area (Å²) in [6.07, 6.45) is 3.11. The highest BCUT2D eigenvalue weighted by Crippen LogP contribution is 2.29. The van der Waals surface area contributed by atoms with Crippen LogP contribution in [0.2, 0.25) is 10.0 Å². The second-order valence-electron chi connectivity index (χ2n) is 3.47. The predicted molar refractivity (Wildman–Crippen MR) is 67.1 cm³/mol. The van der Waals surface area contributed by atoms with Crippen molar-refractivity contribution in [3.63, 3.8) is 0 Å². The Balaban J connectivity index is 2.23. The molecule has 17 heavy (non-hydrogen) atoms. The van der Waals surface area contributed by atoms with Gasteiger partial charge in [0, 0.05) is 10.6 Å². The first-order chi connectivity index (χ1) is 8.24. The Bertz CT molecular complexity index is 660. The lowest BCUT2D eigenvalue weighted by Crippen LogP contribution is -1.82. The largest absolute Gasteiger partial charge is 0.335 e. The second kappa shape index (κ2) is 3.98. The summed E-state index contributed by atoms with van der Waals surface area (Å²) in [7, 11) is 0. The number of nitrogens with zero attached hydrogens (tertiary/aromatic N) is 3. The lowest BCUT2D eigenvalue weighted by Gasteiger charge is -2.00. The number of hydrogen-bond acceptors (Lipinski definition) is 3. The minimum atomic E-state index is 0.585. The van der Waals surface area contributed by atoms with Gasteiger partial charge in [-0.25, -0.2) is 15.0 Å². The topological polar surface area (TPSA) is 54.5 Å². The number of aromatic amines is 1. The van der Waals surface area contributed by atoms with Crippen molar-refractivity contribution in [2.75, 3.05) is 0 Å². The van der Waals surface area contributed by atoms with E-state index in [9.17, 15) is 0 Å². The summed E-state index contributed by atoms with van der Waals surface area (Å²) >= 11 is 12.0. The lowest BCUT2D eigenvalue weighted by molar-refractivity contribution is 1.20. The maximum absolute atomic E-state index is 6.10. The number of halogens is 2. The van der Waals surface area contributed by atoms with Crippen molar-refractivity contribution in [3.8, 4) is 11.4 Å². The molecule has 0 aliphatic rings. The van der Waals surface area contributed by atoms with Gasteiger partial charge in [-0.1, -0.05) is 23.2 Å². The van der Waals surface area contributed by atoms with E-state index in [1.54, 1.807) is 24.4 Å². The van der Waals surface area contributed by atoms with Gasteiger partial charge in [-0.3, -0.25) is 0 Å². The molecule has 2 heterocycles. The van der Waals surface area contributed by atoms with Crippen LogP contribution in [0, 0.1) is 0 Å². The van der Waals surface area contributed by atoms with Crippen LogP contribution in [0.4, 0.5) is 0 Å². The van der Waals surface area contributed by atoms with Gasteiger partial charge in [0.05, 0.1) is 11.2 Å². The van der Waals surface area contributed by atoms with Crippen molar-refractivity contribution in [1.82, 2.24) is 19.9 Å². The first-order valence-corrected chi connectivity index (χ1v) is 5.61. The minimum absolute atomic E-state index is 0.585. The summed E-state index contributed by atoms with van der Waals surface area (Å²) < 4.78 is 0. The SMILES string of the molecule is Clc1ccc(Cl)c(-c2nc3ncncc3[nH]2)c1. The van der Waals surface area contributed by atoms with E-state index in [1.165, 1.54) is 6.33 Å². The van der Waals surface area contributed by atoms with Crippen LogP contribution in [0.15, 0.2) is 30.7 Å². The van der Waals surface area contributed by atoms with E-state index in [4.69, 9.17) is 23.2 Å². The fraction of sp³-hybridized carbons (Fsp3) is 0. The van der Waals surface area contributed by atoms with E-state index in [0.29, 0.717) is 21.5 Å². The molecule has 2 aromatic heterocycles. The van der Waals surface area contributed by atoms with Gasteiger partial charge in [-0.15, -0.1) is 0 Å². The van der Waals surface area contributed by atoms with Crippen LogP contribution in [-0.4, -0.2) is 19.9 Å². The number of benzene rings is 1. The monoisotopic (exact) mass is 264 g/mol. The van der Waals surface area contributed by atoms with Gasteiger partial charge in [0.2, 0.25) is 0 Å². The summed E-state index contributed by atoms with van der Waals surface area (Å²) in [5.74, 6) is 0.632. The van der Waals surface area contributed by atoms with E-state index < -0.39 is 0 Å². The van der Waals surface area contributed by atoms with Crippen LogP contribution in [0.3, 0.4) is 0 Å². The second-order valence-corrected chi connectivity index (χ2v) is 4.31. The molecule has 3 aromatic rings. The number of rotatable bonds is 1. The van der Waals surface area contributed by atoms with Crippen molar-refractivity contribution >= 4 is 34.4 Å². The van der Waals surface area contributed by atoms with Crippen molar-refractivity contribution in [1.29, 1.82) is 0 Å². The summed E-state index contributed by atoms with van der Waals surface area (Å²) in [4.78, 5) is 15.4. The molecule has 0 spiro atoms. The molecule has 0 bridgehead atoms. The Labute approximate surface area is 107 Å². The van der Waals surface area contributed by atoms with Crippen LogP contribution in [0.5, 0.6) is 0 Å². The van der Waals surface area contributed by atoms with Gasteiger partial charge in [0.15, 0.2) is 5.65 Å². The molecule has 0 radical (unpaired) electrons. The van der Waals surface area contributed by atoms with Crippen LogP contribution >= 0.6 is 23.2 Å². The zero-order valence-corrected chi connectivity index (χ0v) is 10.00. The number of H-pyrrole nitrogens is 1. The quantitative estimate of drug-likeness (QED) is 0.734. The van der Waals surface area contributed by atoms with Gasteiger partial charge in [0.1, 0.15) is 17.7 Å². The van der Waals surface area contributed by atoms with Crippen LogP contribution < -0.4 is 0 Å². The number of imidazole rings is 1. The molecule has 84 valence electrons. The summed E-state index contributed by atoms with van der Waals surface area (Å²) in [5, 5.41) is 1.19. The molecule has 0 unspecified atom stereocenters. The normalized spacial score (nSPS) is 10.9. The van der Waals surface area contributed by atoms with Gasteiger partial charge in [0.25, 0.3) is 0 Å². The molecule has 0 aliphatic carbocycles. The first-order valence-electron chi connectivity index (χ1n) is 4.85. The van der Waals surface area contributed by atoms with E-state index in [-0.39, 0.29) is 0 Å². The highest BCUT2D eigenvalue weighted by atomic mass is 35.5. The zero-order chi connectivity index (χ0) is 11.8. The molecule has 4 nitrogen and oxygen atoms in total. The van der Waals surface area contributed by atoms with Crippen molar-refractivity contribution < 1.29 is 0 Å². The molecule has 3 rings (SSSR count). The van der Waals surface area contributed by atoms with Gasteiger partial charge < -0.3 is 4.98 Å². The van der Waals surface area contributed by atoms with Crippen LogP contribution in [0.25, 0.3) is 22.6 Å². The molecule has 0 atom stereocenters.